The molecule has 1 unspecified atom stereocenters. The van der Waals surface area contributed by atoms with E-state index in [1.807, 2.05) is 24.3 Å². The van der Waals surface area contributed by atoms with Crippen LogP contribution in [0.1, 0.15) is 39.8 Å². The summed E-state index contributed by atoms with van der Waals surface area (Å²) in [5.41, 5.74) is 2.73. The molecule has 1 atom stereocenters. The normalized spacial score (nSPS) is 16.2. The van der Waals surface area contributed by atoms with Crippen molar-refractivity contribution in [3.63, 3.8) is 0 Å². The Hall–Kier alpha value is -2.96. The summed E-state index contributed by atoms with van der Waals surface area (Å²) < 4.78 is 35.2. The van der Waals surface area contributed by atoms with Gasteiger partial charge in [-0.1, -0.05) is 0 Å². The number of hydrogen-bond donors (Lipinski definition) is 1. The van der Waals surface area contributed by atoms with Crippen molar-refractivity contribution in [1.82, 2.24) is 14.7 Å². The predicted octanol–water partition coefficient (Wildman–Crippen LogP) is 3.48. The lowest BCUT2D eigenvalue weighted by Crippen LogP contribution is -2.33. The lowest BCUT2D eigenvalue weighted by molar-refractivity contribution is 0.0924. The van der Waals surface area contributed by atoms with Gasteiger partial charge >= 0.3 is 0 Å². The third-order valence-corrected chi connectivity index (χ3v) is 4.59. The molecule has 1 aliphatic heterocycles. The Morgan fingerprint density at radius 1 is 1.27 bits per heavy atom. The summed E-state index contributed by atoms with van der Waals surface area (Å²) in [6.07, 6.45) is 2.13. The number of benzene rings is 1. The molecule has 0 bridgehead atoms. The van der Waals surface area contributed by atoms with Gasteiger partial charge in [-0.05, 0) is 38.1 Å². The zero-order chi connectivity index (χ0) is 18.4. The molecule has 3 aromatic rings. The minimum absolute atomic E-state index is 0.0495. The molecule has 0 radical (unpaired) electrons. The summed E-state index contributed by atoms with van der Waals surface area (Å²) >= 11 is 0. The number of amides is 1. The highest BCUT2D eigenvalue weighted by molar-refractivity contribution is 6.00. The van der Waals surface area contributed by atoms with Crippen LogP contribution < -0.4 is 10.1 Å². The van der Waals surface area contributed by atoms with Crippen LogP contribution in [0, 0.1) is 25.5 Å². The number of carbonyl (C=O) groups is 1. The largest absolute Gasteiger partial charge is 0.490 e. The molecule has 4 rings (SSSR count). The molecule has 0 aliphatic carbocycles. The number of nitrogens with zero attached hydrogens (tertiary/aromatic N) is 2. The molecular formula is C19H17F2N3O2. The van der Waals surface area contributed by atoms with Crippen LogP contribution in [0.2, 0.25) is 0 Å². The second kappa shape index (κ2) is 6.09. The van der Waals surface area contributed by atoms with Gasteiger partial charge in [-0.15, -0.1) is 0 Å². The van der Waals surface area contributed by atoms with Gasteiger partial charge in [0.25, 0.3) is 5.91 Å². The first-order valence-corrected chi connectivity index (χ1v) is 8.32. The lowest BCUT2D eigenvalue weighted by Gasteiger charge is -2.27. The summed E-state index contributed by atoms with van der Waals surface area (Å²) in [6.45, 7) is 3.98. The molecule has 2 aromatic heterocycles. The Labute approximate surface area is 148 Å². The summed E-state index contributed by atoms with van der Waals surface area (Å²) in [5, 5.41) is 2.80. The topological polar surface area (TPSA) is 55.6 Å². The van der Waals surface area contributed by atoms with Crippen LogP contribution in [0.15, 0.2) is 30.5 Å². The van der Waals surface area contributed by atoms with E-state index in [1.54, 1.807) is 12.3 Å². The Morgan fingerprint density at radius 3 is 2.85 bits per heavy atom. The number of hydrogen-bond acceptors (Lipinski definition) is 3. The number of nitrogens with one attached hydrogen (secondary N) is 1. The van der Waals surface area contributed by atoms with Gasteiger partial charge in [-0.3, -0.25) is 4.79 Å². The zero-order valence-corrected chi connectivity index (χ0v) is 14.3. The van der Waals surface area contributed by atoms with Crippen molar-refractivity contribution in [2.45, 2.75) is 26.3 Å². The molecule has 134 valence electrons. The molecule has 3 heterocycles. The fraction of sp³-hybridized carbons (Fsp3) is 0.263. The first-order chi connectivity index (χ1) is 12.5. The quantitative estimate of drug-likeness (QED) is 0.764. The van der Waals surface area contributed by atoms with Gasteiger partial charge in [-0.25, -0.2) is 13.8 Å². The van der Waals surface area contributed by atoms with Crippen molar-refractivity contribution in [1.29, 1.82) is 0 Å². The minimum atomic E-state index is -0.664. The van der Waals surface area contributed by atoms with E-state index in [1.165, 1.54) is 0 Å². The first kappa shape index (κ1) is 16.5. The van der Waals surface area contributed by atoms with Crippen molar-refractivity contribution in [2.24, 2.45) is 0 Å². The number of rotatable bonds is 2. The maximum absolute atomic E-state index is 14.2. The van der Waals surface area contributed by atoms with Crippen LogP contribution in [0.4, 0.5) is 8.78 Å². The van der Waals surface area contributed by atoms with E-state index < -0.39 is 17.7 Å². The Kier molecular flexibility index (Phi) is 3.86. The summed E-state index contributed by atoms with van der Waals surface area (Å²) in [6, 6.07) is 5.00. The maximum atomic E-state index is 14.2. The number of carbonyl (C=O) groups excluding carboxylic acids is 1. The molecule has 1 amide bonds. The SMILES string of the molecule is Cc1cc(C)n2ccc(C(=O)NC3CCOc4c(F)ccc(F)c43)c2n1. The fourth-order valence-electron chi connectivity index (χ4n) is 3.39. The van der Waals surface area contributed by atoms with E-state index in [0.29, 0.717) is 17.6 Å². The van der Waals surface area contributed by atoms with Gasteiger partial charge < -0.3 is 14.5 Å². The number of ether oxygens (including phenoxy) is 1. The van der Waals surface area contributed by atoms with E-state index in [9.17, 15) is 13.6 Å². The standard InChI is InChI=1S/C19H17F2N3O2/c1-10-9-11(2)24-7-5-12(18(24)22-10)19(25)23-15-6-8-26-17-14(21)4-3-13(20)16(15)17/h3-5,7,9,15H,6,8H2,1-2H3,(H,23,25). The van der Waals surface area contributed by atoms with E-state index in [2.05, 4.69) is 10.3 Å². The molecule has 0 fully saturated rings. The van der Waals surface area contributed by atoms with E-state index in [0.717, 1.165) is 23.5 Å². The van der Waals surface area contributed by atoms with Gasteiger partial charge in [-0.2, -0.15) is 0 Å². The Balaban J connectivity index is 1.70. The highest BCUT2D eigenvalue weighted by Gasteiger charge is 2.30. The maximum Gasteiger partial charge on any atom is 0.255 e. The second-order valence-electron chi connectivity index (χ2n) is 6.40. The van der Waals surface area contributed by atoms with Crippen LogP contribution in [0.25, 0.3) is 5.65 Å². The molecule has 5 nitrogen and oxygen atoms in total. The van der Waals surface area contributed by atoms with Gasteiger partial charge in [0.1, 0.15) is 11.5 Å². The van der Waals surface area contributed by atoms with Crippen LogP contribution in [0.5, 0.6) is 5.75 Å². The van der Waals surface area contributed by atoms with Gasteiger partial charge in [0.2, 0.25) is 0 Å². The fourth-order valence-corrected chi connectivity index (χ4v) is 3.39. The van der Waals surface area contributed by atoms with Crippen LogP contribution >= 0.6 is 0 Å². The molecule has 26 heavy (non-hydrogen) atoms. The van der Waals surface area contributed by atoms with Crippen LogP contribution in [-0.4, -0.2) is 21.9 Å². The molecule has 1 aliphatic rings. The van der Waals surface area contributed by atoms with Crippen molar-refractivity contribution >= 4 is 11.6 Å². The zero-order valence-electron chi connectivity index (χ0n) is 14.3. The summed E-state index contributed by atoms with van der Waals surface area (Å²) in [4.78, 5) is 17.2. The third-order valence-electron chi connectivity index (χ3n) is 4.59. The van der Waals surface area contributed by atoms with Crippen molar-refractivity contribution in [3.8, 4) is 5.75 Å². The van der Waals surface area contributed by atoms with E-state index in [-0.39, 0.29) is 23.8 Å². The van der Waals surface area contributed by atoms with Crippen LogP contribution in [-0.2, 0) is 0 Å². The number of aryl methyl sites for hydroxylation is 2. The molecular weight excluding hydrogens is 340 g/mol. The molecule has 7 heteroatoms. The molecule has 1 aromatic carbocycles. The van der Waals surface area contributed by atoms with Crippen molar-refractivity contribution in [2.75, 3.05) is 6.61 Å². The minimum Gasteiger partial charge on any atom is -0.490 e. The van der Waals surface area contributed by atoms with Gasteiger partial charge in [0, 0.05) is 24.0 Å². The number of halogens is 2. The summed E-state index contributed by atoms with van der Waals surface area (Å²) in [7, 11) is 0. The van der Waals surface area contributed by atoms with Gasteiger partial charge in [0.05, 0.1) is 23.8 Å². The average molecular weight is 357 g/mol. The average Bonchev–Trinajstić information content (AvgIpc) is 3.02. The molecule has 0 saturated heterocycles. The Morgan fingerprint density at radius 2 is 2.04 bits per heavy atom. The first-order valence-electron chi connectivity index (χ1n) is 8.32. The second-order valence-corrected chi connectivity index (χ2v) is 6.40. The molecule has 0 saturated carbocycles. The van der Waals surface area contributed by atoms with Crippen molar-refractivity contribution in [3.05, 3.63) is 64.6 Å². The smallest absolute Gasteiger partial charge is 0.255 e. The highest BCUT2D eigenvalue weighted by Crippen LogP contribution is 2.36. The van der Waals surface area contributed by atoms with E-state index >= 15 is 0 Å². The lowest BCUT2D eigenvalue weighted by atomic mass is 9.99. The molecule has 0 spiro atoms. The van der Waals surface area contributed by atoms with Crippen LogP contribution in [0.3, 0.4) is 0 Å². The number of fused-ring (bicyclic) bond motifs is 2. The van der Waals surface area contributed by atoms with Crippen molar-refractivity contribution < 1.29 is 18.3 Å². The third kappa shape index (κ3) is 2.60. The van der Waals surface area contributed by atoms with E-state index in [4.69, 9.17) is 4.74 Å². The molecule has 1 N–H and O–H groups in total. The Bertz CT molecular complexity index is 1030. The predicted molar refractivity (Wildman–Crippen MR) is 91.3 cm³/mol. The highest BCUT2D eigenvalue weighted by atomic mass is 19.1. The van der Waals surface area contributed by atoms with Gasteiger partial charge in [0.15, 0.2) is 11.6 Å². The summed E-state index contributed by atoms with van der Waals surface area (Å²) in [5.74, 6) is -1.75. The monoisotopic (exact) mass is 357 g/mol. The number of aromatic nitrogens is 2.